The summed E-state index contributed by atoms with van der Waals surface area (Å²) >= 11 is 0. The molecule has 0 bridgehead atoms. The maximum atomic E-state index is 12.8. The monoisotopic (exact) mass is 329 g/mol. The fourth-order valence-electron chi connectivity index (χ4n) is 3.75. The van der Waals surface area contributed by atoms with E-state index in [2.05, 4.69) is 17.1 Å². The lowest BCUT2D eigenvalue weighted by molar-refractivity contribution is -0.135. The summed E-state index contributed by atoms with van der Waals surface area (Å²) < 4.78 is 0. The minimum absolute atomic E-state index is 0.0279. The van der Waals surface area contributed by atoms with Crippen molar-refractivity contribution in [3.8, 4) is 0 Å². The minimum atomic E-state index is -0.0279. The molecule has 0 spiro atoms. The van der Waals surface area contributed by atoms with Crippen LogP contribution in [-0.4, -0.2) is 54.3 Å². The number of nitrogens with one attached hydrogen (secondary N) is 1. The van der Waals surface area contributed by atoms with Crippen LogP contribution in [0.4, 0.5) is 0 Å². The zero-order chi connectivity index (χ0) is 16.9. The fraction of sp³-hybridized carbons (Fsp3) is 0.579. The SMILES string of the molecule is C[C@H]1CCCN(C(=O)CN2CCNC(=O)C[C@@H]2c2ccccc2)C1. The third-order valence-electron chi connectivity index (χ3n) is 5.07. The molecule has 24 heavy (non-hydrogen) atoms. The molecule has 0 radical (unpaired) electrons. The van der Waals surface area contributed by atoms with Gasteiger partial charge in [0, 0.05) is 38.6 Å². The van der Waals surface area contributed by atoms with Gasteiger partial charge in [0.2, 0.25) is 11.8 Å². The molecule has 2 fully saturated rings. The number of carbonyl (C=O) groups excluding carboxylic acids is 2. The Morgan fingerprint density at radius 2 is 2.04 bits per heavy atom. The Bertz CT molecular complexity index is 575. The Labute approximate surface area is 144 Å². The molecule has 0 unspecified atom stereocenters. The van der Waals surface area contributed by atoms with Crippen LogP contribution in [0.3, 0.4) is 0 Å². The van der Waals surface area contributed by atoms with Crippen molar-refractivity contribution < 1.29 is 9.59 Å². The van der Waals surface area contributed by atoms with Crippen molar-refractivity contribution in [1.29, 1.82) is 0 Å². The van der Waals surface area contributed by atoms with Crippen LogP contribution in [-0.2, 0) is 9.59 Å². The standard InChI is InChI=1S/C19H27N3O2/c1-15-6-5-10-22(13-15)19(24)14-21-11-9-20-18(23)12-17(21)16-7-3-2-4-8-16/h2-4,7-8,15,17H,5-6,9-14H2,1H3,(H,20,23)/t15-,17+/m0/s1. The summed E-state index contributed by atoms with van der Waals surface area (Å²) in [5.74, 6) is 0.835. The first-order chi connectivity index (χ1) is 11.6. The Morgan fingerprint density at radius 1 is 1.25 bits per heavy atom. The van der Waals surface area contributed by atoms with E-state index in [0.717, 1.165) is 25.1 Å². The molecule has 2 aliphatic heterocycles. The molecule has 2 atom stereocenters. The molecular formula is C19H27N3O2. The lowest BCUT2D eigenvalue weighted by Crippen LogP contribution is -2.46. The minimum Gasteiger partial charge on any atom is -0.355 e. The molecule has 3 rings (SSSR count). The number of rotatable bonds is 3. The van der Waals surface area contributed by atoms with Crippen LogP contribution in [0.5, 0.6) is 0 Å². The van der Waals surface area contributed by atoms with Crippen molar-refractivity contribution in [3.63, 3.8) is 0 Å². The van der Waals surface area contributed by atoms with Gasteiger partial charge in [-0.15, -0.1) is 0 Å². The molecule has 0 aliphatic carbocycles. The molecule has 5 heteroatoms. The lowest BCUT2D eigenvalue weighted by Gasteiger charge is -2.34. The van der Waals surface area contributed by atoms with E-state index in [1.165, 1.54) is 6.42 Å². The van der Waals surface area contributed by atoms with Gasteiger partial charge in [-0.3, -0.25) is 14.5 Å². The molecule has 2 amide bonds. The number of nitrogens with zero attached hydrogens (tertiary/aromatic N) is 2. The van der Waals surface area contributed by atoms with E-state index >= 15 is 0 Å². The van der Waals surface area contributed by atoms with Gasteiger partial charge in [-0.25, -0.2) is 0 Å². The number of hydrogen-bond acceptors (Lipinski definition) is 3. The molecule has 1 aromatic carbocycles. The van der Waals surface area contributed by atoms with Crippen LogP contribution < -0.4 is 5.32 Å². The van der Waals surface area contributed by atoms with E-state index in [4.69, 9.17) is 0 Å². The summed E-state index contributed by atoms with van der Waals surface area (Å²) in [5.41, 5.74) is 1.11. The summed E-state index contributed by atoms with van der Waals surface area (Å²) in [4.78, 5) is 28.9. The van der Waals surface area contributed by atoms with E-state index in [0.29, 0.717) is 32.0 Å². The van der Waals surface area contributed by atoms with Crippen LogP contribution in [0.2, 0.25) is 0 Å². The largest absolute Gasteiger partial charge is 0.355 e. The third kappa shape index (κ3) is 4.15. The highest BCUT2D eigenvalue weighted by Gasteiger charge is 2.29. The Morgan fingerprint density at radius 3 is 2.79 bits per heavy atom. The first-order valence-electron chi connectivity index (χ1n) is 8.97. The summed E-state index contributed by atoms with van der Waals surface area (Å²) in [5, 5.41) is 2.93. The van der Waals surface area contributed by atoms with Crippen molar-refractivity contribution in [2.45, 2.75) is 32.2 Å². The van der Waals surface area contributed by atoms with Crippen molar-refractivity contribution in [2.24, 2.45) is 5.92 Å². The molecular weight excluding hydrogens is 302 g/mol. The molecule has 1 aromatic rings. The second-order valence-electron chi connectivity index (χ2n) is 7.04. The van der Waals surface area contributed by atoms with Crippen LogP contribution in [0, 0.1) is 5.92 Å². The quantitative estimate of drug-likeness (QED) is 0.920. The van der Waals surface area contributed by atoms with Crippen LogP contribution in [0.1, 0.15) is 37.8 Å². The Kier molecular flexibility index (Phi) is 5.51. The summed E-state index contributed by atoms with van der Waals surface area (Å²) in [6.07, 6.45) is 2.71. The highest BCUT2D eigenvalue weighted by molar-refractivity contribution is 5.79. The van der Waals surface area contributed by atoms with Crippen molar-refractivity contribution in [3.05, 3.63) is 35.9 Å². The summed E-state index contributed by atoms with van der Waals surface area (Å²) in [6, 6.07) is 10.0. The van der Waals surface area contributed by atoms with E-state index in [1.807, 2.05) is 35.2 Å². The topological polar surface area (TPSA) is 52.7 Å². The predicted octanol–water partition coefficient (Wildman–Crippen LogP) is 1.81. The average molecular weight is 329 g/mol. The molecule has 2 saturated heterocycles. The zero-order valence-corrected chi connectivity index (χ0v) is 14.4. The van der Waals surface area contributed by atoms with Gasteiger partial charge in [0.25, 0.3) is 0 Å². The number of hydrogen-bond donors (Lipinski definition) is 1. The summed E-state index contributed by atoms with van der Waals surface area (Å²) in [6.45, 7) is 5.64. The van der Waals surface area contributed by atoms with Crippen molar-refractivity contribution in [2.75, 3.05) is 32.7 Å². The molecule has 2 aliphatic rings. The second kappa shape index (κ2) is 7.79. The first-order valence-corrected chi connectivity index (χ1v) is 8.97. The highest BCUT2D eigenvalue weighted by Crippen LogP contribution is 2.26. The second-order valence-corrected chi connectivity index (χ2v) is 7.04. The third-order valence-corrected chi connectivity index (χ3v) is 5.07. The van der Waals surface area contributed by atoms with Crippen molar-refractivity contribution in [1.82, 2.24) is 15.1 Å². The fourth-order valence-corrected chi connectivity index (χ4v) is 3.75. The van der Waals surface area contributed by atoms with Gasteiger partial charge < -0.3 is 10.2 Å². The number of amides is 2. The van der Waals surface area contributed by atoms with Gasteiger partial charge in [-0.2, -0.15) is 0 Å². The van der Waals surface area contributed by atoms with Gasteiger partial charge in [-0.05, 0) is 24.3 Å². The van der Waals surface area contributed by atoms with Gasteiger partial charge in [0.1, 0.15) is 0 Å². The van der Waals surface area contributed by atoms with Gasteiger partial charge in [0.05, 0.1) is 6.54 Å². The number of piperidine rings is 1. The molecule has 0 aromatic heterocycles. The van der Waals surface area contributed by atoms with Crippen molar-refractivity contribution >= 4 is 11.8 Å². The van der Waals surface area contributed by atoms with Gasteiger partial charge >= 0.3 is 0 Å². The number of benzene rings is 1. The lowest BCUT2D eigenvalue weighted by atomic mass is 9.99. The number of likely N-dealkylation sites (tertiary alicyclic amines) is 1. The smallest absolute Gasteiger partial charge is 0.236 e. The van der Waals surface area contributed by atoms with Crippen LogP contribution >= 0.6 is 0 Å². The molecule has 1 N–H and O–H groups in total. The van der Waals surface area contributed by atoms with Crippen LogP contribution in [0.15, 0.2) is 30.3 Å². The van der Waals surface area contributed by atoms with E-state index in [9.17, 15) is 9.59 Å². The summed E-state index contributed by atoms with van der Waals surface area (Å²) in [7, 11) is 0. The van der Waals surface area contributed by atoms with E-state index < -0.39 is 0 Å². The normalized spacial score (nSPS) is 25.9. The average Bonchev–Trinajstić information content (AvgIpc) is 2.77. The van der Waals surface area contributed by atoms with Gasteiger partial charge in [0.15, 0.2) is 0 Å². The highest BCUT2D eigenvalue weighted by atomic mass is 16.2. The van der Waals surface area contributed by atoms with E-state index in [-0.39, 0.29) is 17.9 Å². The van der Waals surface area contributed by atoms with Gasteiger partial charge in [-0.1, -0.05) is 37.3 Å². The Hall–Kier alpha value is -1.88. The first kappa shape index (κ1) is 17.0. The van der Waals surface area contributed by atoms with E-state index in [1.54, 1.807) is 0 Å². The zero-order valence-electron chi connectivity index (χ0n) is 14.4. The predicted molar refractivity (Wildman–Crippen MR) is 93.4 cm³/mol. The molecule has 5 nitrogen and oxygen atoms in total. The molecule has 0 saturated carbocycles. The molecule has 2 heterocycles. The van der Waals surface area contributed by atoms with Crippen LogP contribution in [0.25, 0.3) is 0 Å². The number of carbonyl (C=O) groups is 2. The maximum Gasteiger partial charge on any atom is 0.236 e. The maximum absolute atomic E-state index is 12.8. The molecule has 130 valence electrons. The Balaban J connectivity index is 1.73.